The van der Waals surface area contributed by atoms with E-state index in [1.807, 2.05) is 13.8 Å². The highest BCUT2D eigenvalue weighted by molar-refractivity contribution is 5.69. The molecule has 3 atom stereocenters. The second-order valence-corrected chi connectivity index (χ2v) is 8.76. The Morgan fingerprint density at radius 3 is 2.33 bits per heavy atom. The summed E-state index contributed by atoms with van der Waals surface area (Å²) in [5.74, 6) is 0.877. The fourth-order valence-corrected chi connectivity index (χ4v) is 5.13. The number of fused-ring (bicyclic) bond motifs is 1. The summed E-state index contributed by atoms with van der Waals surface area (Å²) in [6.07, 6.45) is 6.90. The minimum Gasteiger partial charge on any atom is -0.454 e. The van der Waals surface area contributed by atoms with Gasteiger partial charge in [-0.05, 0) is 52.0 Å². The van der Waals surface area contributed by atoms with Gasteiger partial charge in [-0.25, -0.2) is 4.79 Å². The zero-order valence-corrected chi connectivity index (χ0v) is 17.7. The normalized spacial score (nSPS) is 25.1. The average molecular weight is 418 g/mol. The predicted octanol–water partition coefficient (Wildman–Crippen LogP) is 5.34. The molecule has 4 rings (SSSR count). The van der Waals surface area contributed by atoms with E-state index in [9.17, 15) is 14.9 Å². The molecule has 1 saturated carbocycles. The molecule has 0 radical (unpaired) electrons. The lowest BCUT2D eigenvalue weighted by Crippen LogP contribution is -2.48. The lowest BCUT2D eigenvalue weighted by molar-refractivity contribution is -0.386. The van der Waals surface area contributed by atoms with Crippen molar-refractivity contribution in [1.82, 2.24) is 4.90 Å². The minimum atomic E-state index is -0.672. The third-order valence-corrected chi connectivity index (χ3v) is 6.74. The Bertz CT molecular complexity index is 797. The van der Waals surface area contributed by atoms with E-state index < -0.39 is 11.0 Å². The molecule has 0 aromatic heterocycles. The van der Waals surface area contributed by atoms with Crippen molar-refractivity contribution in [3.8, 4) is 11.5 Å². The van der Waals surface area contributed by atoms with Gasteiger partial charge in [0, 0.05) is 18.0 Å². The van der Waals surface area contributed by atoms with Gasteiger partial charge >= 0.3 is 6.09 Å². The van der Waals surface area contributed by atoms with E-state index in [4.69, 9.17) is 14.2 Å². The molecule has 1 unspecified atom stereocenters. The third kappa shape index (κ3) is 4.04. The minimum absolute atomic E-state index is 0.0344. The van der Waals surface area contributed by atoms with Gasteiger partial charge in [-0.15, -0.1) is 0 Å². The Hall–Kier alpha value is -2.51. The van der Waals surface area contributed by atoms with Crippen LogP contribution >= 0.6 is 0 Å². The first-order valence-electron chi connectivity index (χ1n) is 11.0. The Labute approximate surface area is 176 Å². The van der Waals surface area contributed by atoms with Gasteiger partial charge in [-0.1, -0.05) is 19.3 Å². The maximum atomic E-state index is 13.2. The van der Waals surface area contributed by atoms with Crippen molar-refractivity contribution in [2.45, 2.75) is 83.4 Å². The number of carbonyl (C=O) groups excluding carboxylic acids is 1. The summed E-state index contributed by atoms with van der Waals surface area (Å²) < 4.78 is 16.9. The molecule has 3 aliphatic rings. The van der Waals surface area contributed by atoms with Crippen molar-refractivity contribution in [2.24, 2.45) is 5.92 Å². The molecular formula is C22H30N2O6. The first kappa shape index (κ1) is 20.8. The summed E-state index contributed by atoms with van der Waals surface area (Å²) in [7, 11) is 0. The maximum absolute atomic E-state index is 13.2. The van der Waals surface area contributed by atoms with Gasteiger partial charge < -0.3 is 19.1 Å². The highest BCUT2D eigenvalue weighted by Gasteiger charge is 2.38. The number of hydrogen-bond donors (Lipinski definition) is 0. The third-order valence-electron chi connectivity index (χ3n) is 6.74. The molecule has 2 aliphatic heterocycles. The number of benzene rings is 1. The summed E-state index contributed by atoms with van der Waals surface area (Å²) in [6.45, 7) is 4.11. The highest BCUT2D eigenvalue weighted by Crippen LogP contribution is 2.46. The van der Waals surface area contributed by atoms with E-state index in [-0.39, 0.29) is 36.6 Å². The van der Waals surface area contributed by atoms with Crippen LogP contribution in [-0.2, 0) is 4.74 Å². The van der Waals surface area contributed by atoms with Crippen LogP contribution in [0.4, 0.5) is 10.5 Å². The fourth-order valence-electron chi connectivity index (χ4n) is 5.13. The summed E-state index contributed by atoms with van der Waals surface area (Å²) in [5, 5.41) is 11.9. The zero-order valence-electron chi connectivity index (χ0n) is 17.7. The van der Waals surface area contributed by atoms with Crippen molar-refractivity contribution in [1.29, 1.82) is 0 Å². The maximum Gasteiger partial charge on any atom is 0.410 e. The Morgan fingerprint density at radius 2 is 1.70 bits per heavy atom. The molecule has 2 heterocycles. The number of piperidine rings is 1. The van der Waals surface area contributed by atoms with Gasteiger partial charge in [0.2, 0.25) is 6.79 Å². The highest BCUT2D eigenvalue weighted by atomic mass is 16.7. The predicted molar refractivity (Wildman–Crippen MR) is 110 cm³/mol. The lowest BCUT2D eigenvalue weighted by atomic mass is 9.82. The van der Waals surface area contributed by atoms with Gasteiger partial charge in [-0.3, -0.25) is 10.1 Å². The number of hydrogen-bond acceptors (Lipinski definition) is 6. The summed E-state index contributed by atoms with van der Waals surface area (Å²) in [4.78, 5) is 26.5. The van der Waals surface area contributed by atoms with Crippen molar-refractivity contribution in [3.63, 3.8) is 0 Å². The molecule has 0 spiro atoms. The monoisotopic (exact) mass is 418 g/mol. The summed E-state index contributed by atoms with van der Waals surface area (Å²) >= 11 is 0. The Kier molecular flexibility index (Phi) is 6.01. The SMILES string of the molecule is C[C@@H]1CCC[C@H](C)N1C(=O)OC(c1cc2c(cc1[N+](=O)[O-])OCO2)C1CCCCC1. The first-order chi connectivity index (χ1) is 14.5. The van der Waals surface area contributed by atoms with Crippen LogP contribution in [0.15, 0.2) is 12.1 Å². The molecule has 1 aromatic rings. The van der Waals surface area contributed by atoms with Crippen LogP contribution in [0.2, 0.25) is 0 Å². The molecule has 8 nitrogen and oxygen atoms in total. The number of nitrogens with zero attached hydrogens (tertiary/aromatic N) is 2. The molecule has 0 N–H and O–H groups in total. The second-order valence-electron chi connectivity index (χ2n) is 8.76. The van der Waals surface area contributed by atoms with E-state index in [0.29, 0.717) is 17.1 Å². The molecule has 1 aromatic carbocycles. The van der Waals surface area contributed by atoms with Crippen LogP contribution in [0.3, 0.4) is 0 Å². The van der Waals surface area contributed by atoms with Crippen molar-refractivity contribution in [3.05, 3.63) is 27.8 Å². The molecule has 1 saturated heterocycles. The summed E-state index contributed by atoms with van der Waals surface area (Å²) in [6, 6.07) is 3.23. The molecular weight excluding hydrogens is 388 g/mol. The Morgan fingerprint density at radius 1 is 1.07 bits per heavy atom. The zero-order chi connectivity index (χ0) is 21.3. The number of nitro groups is 1. The number of amides is 1. The van der Waals surface area contributed by atoms with Gasteiger partial charge in [0.05, 0.1) is 16.6 Å². The van der Waals surface area contributed by atoms with Crippen molar-refractivity contribution < 1.29 is 23.9 Å². The standard InChI is InChI=1S/C22H30N2O6/c1-14-7-6-8-15(2)23(14)22(25)30-21(16-9-4-3-5-10-16)17-11-19-20(29-13-28-19)12-18(17)24(26)27/h11-12,14-16,21H,3-10,13H2,1-2H3/t14-,15+,21?. The number of carbonyl (C=O) groups is 1. The molecule has 2 fully saturated rings. The van der Waals surface area contributed by atoms with E-state index in [1.54, 1.807) is 11.0 Å². The lowest BCUT2D eigenvalue weighted by Gasteiger charge is -2.40. The smallest absolute Gasteiger partial charge is 0.410 e. The van der Waals surface area contributed by atoms with E-state index in [0.717, 1.165) is 51.4 Å². The summed E-state index contributed by atoms with van der Waals surface area (Å²) in [5.41, 5.74) is 0.323. The first-order valence-corrected chi connectivity index (χ1v) is 11.0. The second kappa shape index (κ2) is 8.70. The molecule has 30 heavy (non-hydrogen) atoms. The Balaban J connectivity index is 1.69. The van der Waals surface area contributed by atoms with Gasteiger partial charge in [0.25, 0.3) is 5.69 Å². The van der Waals surface area contributed by atoms with E-state index in [1.165, 1.54) is 6.07 Å². The number of nitro benzene ring substituents is 1. The molecule has 1 amide bonds. The van der Waals surface area contributed by atoms with Gasteiger partial charge in [0.1, 0.15) is 6.10 Å². The van der Waals surface area contributed by atoms with Crippen molar-refractivity contribution in [2.75, 3.05) is 6.79 Å². The molecule has 8 heteroatoms. The molecule has 1 aliphatic carbocycles. The average Bonchev–Trinajstić information content (AvgIpc) is 3.19. The molecule has 0 bridgehead atoms. The van der Waals surface area contributed by atoms with Crippen LogP contribution in [0.25, 0.3) is 0 Å². The van der Waals surface area contributed by atoms with Gasteiger partial charge in [0.15, 0.2) is 11.5 Å². The quantitative estimate of drug-likeness (QED) is 0.484. The van der Waals surface area contributed by atoms with Crippen LogP contribution in [-0.4, -0.2) is 34.8 Å². The number of ether oxygens (including phenoxy) is 3. The van der Waals surface area contributed by atoms with Crippen LogP contribution in [0, 0.1) is 16.0 Å². The number of rotatable bonds is 4. The van der Waals surface area contributed by atoms with E-state index in [2.05, 4.69) is 0 Å². The van der Waals surface area contributed by atoms with E-state index >= 15 is 0 Å². The van der Waals surface area contributed by atoms with Crippen LogP contribution in [0.5, 0.6) is 11.5 Å². The van der Waals surface area contributed by atoms with Crippen LogP contribution in [0.1, 0.15) is 76.9 Å². The molecule has 164 valence electrons. The van der Waals surface area contributed by atoms with Gasteiger partial charge in [-0.2, -0.15) is 0 Å². The van der Waals surface area contributed by atoms with Crippen LogP contribution < -0.4 is 9.47 Å². The number of likely N-dealkylation sites (tertiary alicyclic amines) is 1. The topological polar surface area (TPSA) is 91.1 Å². The fraction of sp³-hybridized carbons (Fsp3) is 0.682. The van der Waals surface area contributed by atoms with Crippen molar-refractivity contribution >= 4 is 11.8 Å². The largest absolute Gasteiger partial charge is 0.454 e.